The number of nitrogens with zero attached hydrogens (tertiary/aromatic N) is 3. The number of furan rings is 1. The number of carbonyl (C=O) groups is 2. The van der Waals surface area contributed by atoms with Crippen LogP contribution in [0.1, 0.15) is 16.1 Å². The quantitative estimate of drug-likeness (QED) is 0.563. The summed E-state index contributed by atoms with van der Waals surface area (Å²) in [7, 11) is 0. The molecule has 1 saturated heterocycles. The summed E-state index contributed by atoms with van der Waals surface area (Å²) >= 11 is 5.57. The van der Waals surface area contributed by atoms with E-state index in [1.807, 2.05) is 0 Å². The van der Waals surface area contributed by atoms with E-state index in [-0.39, 0.29) is 22.9 Å². The van der Waals surface area contributed by atoms with Crippen molar-refractivity contribution in [2.75, 3.05) is 31.5 Å². The maximum absolute atomic E-state index is 13.0. The van der Waals surface area contributed by atoms with Crippen LogP contribution in [0.15, 0.2) is 52.8 Å². The largest absolute Gasteiger partial charge is 0.459 e. The third kappa shape index (κ3) is 5.38. The van der Waals surface area contributed by atoms with Crippen molar-refractivity contribution in [2.45, 2.75) is 6.18 Å². The average molecular weight is 453 g/mol. The number of anilines is 1. The molecule has 0 aliphatic carbocycles. The maximum atomic E-state index is 13.0. The molecule has 1 aliphatic heterocycles. The number of nitrogens with one attached hydrogen (secondary N) is 1. The molecule has 1 aliphatic rings. The van der Waals surface area contributed by atoms with Gasteiger partial charge in [0.05, 0.1) is 16.8 Å². The molecule has 3 rings (SSSR count). The predicted octanol–water partition coefficient (Wildman–Crippen LogP) is 3.76. The predicted molar refractivity (Wildman–Crippen MR) is 105 cm³/mol. The smallest absolute Gasteiger partial charge is 0.417 e. The summed E-state index contributed by atoms with van der Waals surface area (Å²) in [6, 6.07) is 7.86. The average Bonchev–Trinajstić information content (AvgIpc) is 3.27. The zero-order valence-electron chi connectivity index (χ0n) is 15.9. The number of hydrogen-bond acceptors (Lipinski definition) is 5. The van der Waals surface area contributed by atoms with Crippen LogP contribution in [0.5, 0.6) is 0 Å². The highest BCUT2D eigenvalue weighted by molar-refractivity contribution is 6.31. The van der Waals surface area contributed by atoms with E-state index >= 15 is 0 Å². The first-order chi connectivity index (χ1) is 14.7. The zero-order chi connectivity index (χ0) is 22.6. The van der Waals surface area contributed by atoms with Crippen molar-refractivity contribution in [3.8, 4) is 6.07 Å². The van der Waals surface area contributed by atoms with Crippen LogP contribution in [0.3, 0.4) is 0 Å². The van der Waals surface area contributed by atoms with Crippen molar-refractivity contribution >= 4 is 29.1 Å². The molecule has 0 atom stereocenters. The fourth-order valence-electron chi connectivity index (χ4n) is 2.95. The van der Waals surface area contributed by atoms with Crippen molar-refractivity contribution in [1.29, 1.82) is 5.26 Å². The number of amides is 2. The van der Waals surface area contributed by atoms with Gasteiger partial charge < -0.3 is 19.5 Å². The lowest BCUT2D eigenvalue weighted by atomic mass is 10.2. The van der Waals surface area contributed by atoms with E-state index in [9.17, 15) is 28.0 Å². The van der Waals surface area contributed by atoms with Gasteiger partial charge in [-0.3, -0.25) is 9.59 Å². The van der Waals surface area contributed by atoms with Gasteiger partial charge in [-0.2, -0.15) is 18.4 Å². The van der Waals surface area contributed by atoms with Crippen LogP contribution in [-0.4, -0.2) is 47.8 Å². The molecule has 0 saturated carbocycles. The van der Waals surface area contributed by atoms with Gasteiger partial charge in [-0.05, 0) is 30.3 Å². The molecule has 1 fully saturated rings. The molecule has 2 aromatic rings. The highest BCUT2D eigenvalue weighted by Gasteiger charge is 2.33. The molecule has 2 amide bonds. The van der Waals surface area contributed by atoms with Crippen LogP contribution in [0.4, 0.5) is 18.9 Å². The molecule has 1 N–H and O–H groups in total. The summed E-state index contributed by atoms with van der Waals surface area (Å²) in [6.07, 6.45) is -1.95. The van der Waals surface area contributed by atoms with E-state index in [0.717, 1.165) is 6.07 Å². The summed E-state index contributed by atoms with van der Waals surface area (Å²) < 4.78 is 44.0. The molecule has 11 heteroatoms. The van der Waals surface area contributed by atoms with Gasteiger partial charge in [-0.25, -0.2) is 0 Å². The van der Waals surface area contributed by atoms with Gasteiger partial charge in [0.15, 0.2) is 5.76 Å². The van der Waals surface area contributed by atoms with E-state index in [2.05, 4.69) is 5.32 Å². The van der Waals surface area contributed by atoms with Crippen LogP contribution in [0, 0.1) is 11.3 Å². The molecule has 1 aromatic heterocycles. The van der Waals surface area contributed by atoms with E-state index in [1.165, 1.54) is 18.5 Å². The summed E-state index contributed by atoms with van der Waals surface area (Å²) in [4.78, 5) is 27.9. The minimum Gasteiger partial charge on any atom is -0.459 e. The first-order valence-electron chi connectivity index (χ1n) is 9.06. The molecule has 0 spiro atoms. The van der Waals surface area contributed by atoms with E-state index in [4.69, 9.17) is 16.0 Å². The molecule has 2 heterocycles. The first kappa shape index (κ1) is 22.2. The van der Waals surface area contributed by atoms with Gasteiger partial charge in [-0.1, -0.05) is 11.6 Å². The maximum Gasteiger partial charge on any atom is 0.417 e. The molecular weight excluding hydrogens is 437 g/mol. The van der Waals surface area contributed by atoms with E-state index in [1.54, 1.807) is 28.0 Å². The normalized spacial score (nSPS) is 14.9. The van der Waals surface area contributed by atoms with Crippen molar-refractivity contribution in [2.24, 2.45) is 0 Å². The van der Waals surface area contributed by atoms with E-state index in [0.29, 0.717) is 32.2 Å². The van der Waals surface area contributed by atoms with Crippen LogP contribution in [-0.2, 0) is 11.0 Å². The molecule has 7 nitrogen and oxygen atoms in total. The fourth-order valence-corrected chi connectivity index (χ4v) is 3.17. The molecule has 0 radical (unpaired) electrons. The Balaban J connectivity index is 1.64. The number of halogens is 4. The Morgan fingerprint density at radius 3 is 2.48 bits per heavy atom. The SMILES string of the molecule is N#C/C(=C/N1CCN(C(=O)c2ccco2)CC1)C(=O)Nc1ccc(Cl)c(C(F)(F)F)c1. The summed E-state index contributed by atoms with van der Waals surface area (Å²) in [5.41, 5.74) is -1.52. The zero-order valence-corrected chi connectivity index (χ0v) is 16.7. The van der Waals surface area contributed by atoms with Crippen molar-refractivity contribution in [3.63, 3.8) is 0 Å². The standard InChI is InChI=1S/C20H16ClF3N4O3/c21-16-4-3-14(10-15(16)20(22,23)24)26-18(29)13(11-25)12-27-5-7-28(8-6-27)19(30)17-2-1-9-31-17/h1-4,9-10,12H,5-8H2,(H,26,29)/b13-12-. The third-order valence-corrected chi connectivity index (χ3v) is 4.87. The van der Waals surface area contributed by atoms with Crippen LogP contribution in [0.25, 0.3) is 0 Å². The summed E-state index contributed by atoms with van der Waals surface area (Å²) in [6.45, 7) is 1.43. The second kappa shape index (κ2) is 9.14. The topological polar surface area (TPSA) is 89.6 Å². The highest BCUT2D eigenvalue weighted by atomic mass is 35.5. The Hall–Kier alpha value is -3.45. The van der Waals surface area contributed by atoms with Crippen molar-refractivity contribution < 1.29 is 27.2 Å². The number of hydrogen-bond donors (Lipinski definition) is 1. The van der Waals surface area contributed by atoms with E-state index < -0.39 is 22.7 Å². The Kier molecular flexibility index (Phi) is 6.56. The van der Waals surface area contributed by atoms with Gasteiger partial charge >= 0.3 is 6.18 Å². The van der Waals surface area contributed by atoms with Gasteiger partial charge in [-0.15, -0.1) is 0 Å². The lowest BCUT2D eigenvalue weighted by Crippen LogP contribution is -2.47. The summed E-state index contributed by atoms with van der Waals surface area (Å²) in [5, 5.41) is 11.1. The third-order valence-electron chi connectivity index (χ3n) is 4.54. The fraction of sp³-hybridized carbons (Fsp3) is 0.250. The molecule has 1 aromatic carbocycles. The number of carbonyl (C=O) groups excluding carboxylic acids is 2. The Morgan fingerprint density at radius 2 is 1.90 bits per heavy atom. The minimum atomic E-state index is -4.68. The second-order valence-corrected chi connectivity index (χ2v) is 7.01. The van der Waals surface area contributed by atoms with Crippen LogP contribution < -0.4 is 5.32 Å². The number of benzene rings is 1. The summed E-state index contributed by atoms with van der Waals surface area (Å²) in [5.74, 6) is -0.885. The van der Waals surface area contributed by atoms with Gasteiger partial charge in [0.1, 0.15) is 11.6 Å². The van der Waals surface area contributed by atoms with Gasteiger partial charge in [0.2, 0.25) is 0 Å². The molecule has 162 valence electrons. The second-order valence-electron chi connectivity index (χ2n) is 6.61. The first-order valence-corrected chi connectivity index (χ1v) is 9.43. The van der Waals surface area contributed by atoms with Crippen molar-refractivity contribution in [1.82, 2.24) is 9.80 Å². The lowest BCUT2D eigenvalue weighted by molar-refractivity contribution is -0.137. The number of alkyl halides is 3. The van der Waals surface area contributed by atoms with Gasteiger partial charge in [0, 0.05) is 38.1 Å². The Morgan fingerprint density at radius 1 is 1.19 bits per heavy atom. The Bertz CT molecular complexity index is 1040. The molecule has 31 heavy (non-hydrogen) atoms. The number of rotatable bonds is 4. The lowest BCUT2D eigenvalue weighted by Gasteiger charge is -2.33. The molecule has 0 bridgehead atoms. The minimum absolute atomic E-state index is 0.142. The molecular formula is C20H16ClF3N4O3. The van der Waals surface area contributed by atoms with Gasteiger partial charge in [0.25, 0.3) is 11.8 Å². The Labute approximate surface area is 180 Å². The van der Waals surface area contributed by atoms with Crippen LogP contribution in [0.2, 0.25) is 5.02 Å². The number of piperazine rings is 1. The number of nitriles is 1. The van der Waals surface area contributed by atoms with Crippen molar-refractivity contribution in [3.05, 3.63) is 64.7 Å². The van der Waals surface area contributed by atoms with Crippen LogP contribution >= 0.6 is 11.6 Å². The highest BCUT2D eigenvalue weighted by Crippen LogP contribution is 2.36. The monoisotopic (exact) mass is 452 g/mol. The molecule has 0 unspecified atom stereocenters.